The smallest absolute Gasteiger partial charge is 0.188 e. The van der Waals surface area contributed by atoms with Gasteiger partial charge < -0.3 is 5.32 Å². The molecule has 3 aromatic rings. The molecular weight excluding hydrogens is 244 g/mol. The van der Waals surface area contributed by atoms with Crippen LogP contribution in [0.5, 0.6) is 0 Å². The average molecular weight is 258 g/mol. The molecule has 0 bridgehead atoms. The van der Waals surface area contributed by atoms with Crippen molar-refractivity contribution in [2.75, 3.05) is 0 Å². The first kappa shape index (κ1) is 11.7. The van der Waals surface area contributed by atoms with Crippen molar-refractivity contribution in [2.24, 2.45) is 7.05 Å². The van der Waals surface area contributed by atoms with E-state index in [0.717, 1.165) is 11.5 Å². The molecule has 0 saturated carbocycles. The third-order valence-electron chi connectivity index (χ3n) is 2.84. The number of hydrogen-bond donors (Lipinski definition) is 1. The fourth-order valence-electron chi connectivity index (χ4n) is 1.88. The molecule has 3 aromatic heterocycles. The second-order valence-corrected chi connectivity index (χ2v) is 4.28. The molecule has 0 aromatic carbocycles. The highest BCUT2D eigenvalue weighted by atomic mass is 15.6. The van der Waals surface area contributed by atoms with Gasteiger partial charge in [-0.2, -0.15) is 4.80 Å². The number of aryl methyl sites for hydroxylation is 1. The minimum Gasteiger partial charge on any atom is -0.300 e. The fourth-order valence-corrected chi connectivity index (χ4v) is 1.88. The highest BCUT2D eigenvalue weighted by Crippen LogP contribution is 2.11. The number of hydrogen-bond acceptors (Lipinski definition) is 6. The Hall–Kier alpha value is -2.35. The Morgan fingerprint density at radius 2 is 2.16 bits per heavy atom. The van der Waals surface area contributed by atoms with Gasteiger partial charge in [0.15, 0.2) is 17.3 Å². The van der Waals surface area contributed by atoms with E-state index in [1.54, 1.807) is 7.05 Å². The topological polar surface area (TPSA) is 85.8 Å². The van der Waals surface area contributed by atoms with Crippen molar-refractivity contribution in [1.82, 2.24) is 40.1 Å². The van der Waals surface area contributed by atoms with Crippen LogP contribution in [0.25, 0.3) is 5.65 Å². The Balaban J connectivity index is 1.75. The van der Waals surface area contributed by atoms with E-state index in [9.17, 15) is 0 Å². The first-order valence-electron chi connectivity index (χ1n) is 6.00. The molecule has 0 aliphatic heterocycles. The zero-order valence-electron chi connectivity index (χ0n) is 10.7. The molecule has 1 unspecified atom stereocenters. The van der Waals surface area contributed by atoms with E-state index < -0.39 is 0 Å². The van der Waals surface area contributed by atoms with Gasteiger partial charge in [-0.25, -0.2) is 0 Å². The lowest BCUT2D eigenvalue weighted by Gasteiger charge is -2.10. The molecule has 1 atom stereocenters. The summed E-state index contributed by atoms with van der Waals surface area (Å²) in [6, 6.07) is 5.86. The predicted molar refractivity (Wildman–Crippen MR) is 67.0 cm³/mol. The molecule has 8 heteroatoms. The lowest BCUT2D eigenvalue weighted by molar-refractivity contribution is 0.527. The first-order chi connectivity index (χ1) is 9.24. The van der Waals surface area contributed by atoms with Gasteiger partial charge >= 0.3 is 0 Å². The SMILES string of the molecule is CC(NCc1nnn(C)n1)c1nnc2ccccn12. The van der Waals surface area contributed by atoms with Crippen LogP contribution in [0.15, 0.2) is 24.4 Å². The molecule has 0 fully saturated rings. The van der Waals surface area contributed by atoms with Crippen LogP contribution >= 0.6 is 0 Å². The number of pyridine rings is 1. The van der Waals surface area contributed by atoms with E-state index in [1.807, 2.05) is 35.7 Å². The van der Waals surface area contributed by atoms with E-state index in [-0.39, 0.29) is 6.04 Å². The van der Waals surface area contributed by atoms with E-state index >= 15 is 0 Å². The fraction of sp³-hybridized carbons (Fsp3) is 0.364. The molecule has 0 spiro atoms. The summed E-state index contributed by atoms with van der Waals surface area (Å²) in [5, 5.41) is 23.5. The molecule has 0 aliphatic carbocycles. The summed E-state index contributed by atoms with van der Waals surface area (Å²) in [6.45, 7) is 2.57. The second kappa shape index (κ2) is 4.73. The third kappa shape index (κ3) is 2.29. The molecule has 8 nitrogen and oxygen atoms in total. The summed E-state index contributed by atoms with van der Waals surface area (Å²) in [5.41, 5.74) is 0.837. The largest absolute Gasteiger partial charge is 0.300 e. The molecular formula is C11H14N8. The van der Waals surface area contributed by atoms with Gasteiger partial charge in [0.2, 0.25) is 0 Å². The van der Waals surface area contributed by atoms with E-state index in [2.05, 4.69) is 30.9 Å². The Kier molecular flexibility index (Phi) is 2.92. The zero-order valence-corrected chi connectivity index (χ0v) is 10.7. The number of tetrazole rings is 1. The monoisotopic (exact) mass is 258 g/mol. The van der Waals surface area contributed by atoms with Gasteiger partial charge in [0.25, 0.3) is 0 Å². The van der Waals surface area contributed by atoms with Gasteiger partial charge in [0.1, 0.15) is 0 Å². The predicted octanol–water partition coefficient (Wildman–Crippen LogP) is 0.104. The summed E-state index contributed by atoms with van der Waals surface area (Å²) in [7, 11) is 1.74. The third-order valence-corrected chi connectivity index (χ3v) is 2.84. The highest BCUT2D eigenvalue weighted by Gasteiger charge is 2.13. The van der Waals surface area contributed by atoms with Gasteiger partial charge in [-0.3, -0.25) is 4.40 Å². The molecule has 0 amide bonds. The lowest BCUT2D eigenvalue weighted by Crippen LogP contribution is -2.21. The van der Waals surface area contributed by atoms with Crippen molar-refractivity contribution < 1.29 is 0 Å². The summed E-state index contributed by atoms with van der Waals surface area (Å²) >= 11 is 0. The standard InChI is InChI=1S/C11H14N8/c1-8(12-7-9-13-17-18(2)16-9)11-15-14-10-5-3-4-6-19(10)11/h3-6,8,12H,7H2,1-2H3. The summed E-state index contributed by atoms with van der Waals surface area (Å²) in [6.07, 6.45) is 1.95. The molecule has 19 heavy (non-hydrogen) atoms. The Bertz CT molecular complexity index is 685. The Morgan fingerprint density at radius 3 is 2.95 bits per heavy atom. The summed E-state index contributed by atoms with van der Waals surface area (Å²) in [5.74, 6) is 1.52. The van der Waals surface area contributed by atoms with Crippen LogP contribution in [-0.4, -0.2) is 34.8 Å². The van der Waals surface area contributed by atoms with E-state index in [1.165, 1.54) is 4.80 Å². The van der Waals surface area contributed by atoms with Crippen molar-refractivity contribution in [1.29, 1.82) is 0 Å². The van der Waals surface area contributed by atoms with E-state index in [0.29, 0.717) is 12.4 Å². The van der Waals surface area contributed by atoms with Gasteiger partial charge in [-0.15, -0.1) is 20.4 Å². The van der Waals surface area contributed by atoms with Crippen molar-refractivity contribution in [3.05, 3.63) is 36.0 Å². The van der Waals surface area contributed by atoms with Crippen molar-refractivity contribution >= 4 is 5.65 Å². The van der Waals surface area contributed by atoms with Crippen LogP contribution < -0.4 is 5.32 Å². The maximum absolute atomic E-state index is 4.20. The molecule has 3 heterocycles. The summed E-state index contributed by atoms with van der Waals surface area (Å²) < 4.78 is 1.96. The van der Waals surface area contributed by atoms with Gasteiger partial charge in [-0.05, 0) is 24.3 Å². The van der Waals surface area contributed by atoms with Gasteiger partial charge in [0.05, 0.1) is 19.6 Å². The quantitative estimate of drug-likeness (QED) is 0.714. The zero-order chi connectivity index (χ0) is 13.2. The second-order valence-electron chi connectivity index (χ2n) is 4.28. The lowest BCUT2D eigenvalue weighted by atomic mass is 10.3. The van der Waals surface area contributed by atoms with Crippen molar-refractivity contribution in [3.63, 3.8) is 0 Å². The van der Waals surface area contributed by atoms with Crippen molar-refractivity contribution in [3.8, 4) is 0 Å². The molecule has 3 rings (SSSR count). The Labute approximate surface area is 109 Å². The maximum atomic E-state index is 4.20. The molecule has 1 N–H and O–H groups in total. The van der Waals surface area contributed by atoms with E-state index in [4.69, 9.17) is 0 Å². The average Bonchev–Trinajstić information content (AvgIpc) is 3.02. The van der Waals surface area contributed by atoms with Crippen LogP contribution in [0.3, 0.4) is 0 Å². The first-order valence-corrected chi connectivity index (χ1v) is 6.00. The van der Waals surface area contributed by atoms with Crippen LogP contribution in [0.2, 0.25) is 0 Å². The minimum atomic E-state index is 0.0428. The van der Waals surface area contributed by atoms with Gasteiger partial charge in [0, 0.05) is 6.20 Å². The molecule has 0 aliphatic rings. The number of rotatable bonds is 4. The minimum absolute atomic E-state index is 0.0428. The number of nitrogens with one attached hydrogen (secondary N) is 1. The number of nitrogens with zero attached hydrogens (tertiary/aromatic N) is 7. The van der Waals surface area contributed by atoms with Crippen LogP contribution in [0.4, 0.5) is 0 Å². The van der Waals surface area contributed by atoms with Crippen LogP contribution in [-0.2, 0) is 13.6 Å². The van der Waals surface area contributed by atoms with Crippen LogP contribution in [0.1, 0.15) is 24.6 Å². The molecule has 98 valence electrons. The molecule has 0 radical (unpaired) electrons. The number of aromatic nitrogens is 7. The Morgan fingerprint density at radius 1 is 1.26 bits per heavy atom. The summed E-state index contributed by atoms with van der Waals surface area (Å²) in [4.78, 5) is 1.44. The van der Waals surface area contributed by atoms with Crippen LogP contribution in [0, 0.1) is 0 Å². The molecule has 0 saturated heterocycles. The highest BCUT2D eigenvalue weighted by molar-refractivity contribution is 5.37. The maximum Gasteiger partial charge on any atom is 0.188 e. The van der Waals surface area contributed by atoms with Gasteiger partial charge in [-0.1, -0.05) is 6.07 Å². The van der Waals surface area contributed by atoms with Crippen molar-refractivity contribution in [2.45, 2.75) is 19.5 Å². The number of fused-ring (bicyclic) bond motifs is 1. The normalized spacial score (nSPS) is 12.9.